The van der Waals surface area contributed by atoms with E-state index in [1.807, 2.05) is 0 Å². The van der Waals surface area contributed by atoms with Gasteiger partial charge in [0.1, 0.15) is 6.10 Å². The number of hydrogen-bond acceptors (Lipinski definition) is 5. The Balaban J connectivity index is 4.56. The van der Waals surface area contributed by atoms with Gasteiger partial charge in [-0.3, -0.25) is 9.59 Å². The third kappa shape index (κ3) is 42.6. The lowest BCUT2D eigenvalue weighted by Gasteiger charge is -2.24. The highest BCUT2D eigenvalue weighted by molar-refractivity contribution is 5.77. The van der Waals surface area contributed by atoms with Gasteiger partial charge in [-0.1, -0.05) is 224 Å². The molecule has 0 aliphatic carbocycles. The number of carbonyl (C=O) groups is 2. The van der Waals surface area contributed by atoms with E-state index in [0.29, 0.717) is 19.3 Å². The Morgan fingerprint density at radius 2 is 0.915 bits per heavy atom. The molecule has 0 fully saturated rings. The second-order valence-electron chi connectivity index (χ2n) is 17.6. The minimum atomic E-state index is -0.798. The number of esters is 1. The lowest BCUT2D eigenvalue weighted by molar-refractivity contribution is -0.151. The standard InChI is InChI=1S/C53H99NO5/c1-4-7-10-13-16-19-22-24-26-27-29-31-33-36-39-42-45-51(56)50(48-55)54-52(57)47-49(59-53(58)46-43-40-37-34-21-18-15-12-9-6-3)44-41-38-35-32-30-28-25-23-20-17-14-11-8-5-2/h12,15,28,30,32,35,49-51,55-56H,4-11,13-14,16-27,29,31,33-34,36-48H2,1-3H3,(H,54,57)/b15-12-,30-28+,35-32+. The van der Waals surface area contributed by atoms with Gasteiger partial charge in [0.25, 0.3) is 0 Å². The summed E-state index contributed by atoms with van der Waals surface area (Å²) in [4.78, 5) is 26.0. The molecule has 0 saturated heterocycles. The van der Waals surface area contributed by atoms with Crippen molar-refractivity contribution < 1.29 is 24.5 Å². The van der Waals surface area contributed by atoms with Crippen molar-refractivity contribution in [3.05, 3.63) is 36.5 Å². The zero-order chi connectivity index (χ0) is 43.1. The highest BCUT2D eigenvalue weighted by Crippen LogP contribution is 2.17. The number of hydrogen-bond donors (Lipinski definition) is 3. The molecule has 3 N–H and O–H groups in total. The smallest absolute Gasteiger partial charge is 0.306 e. The van der Waals surface area contributed by atoms with Crippen LogP contribution in [0.3, 0.4) is 0 Å². The van der Waals surface area contributed by atoms with Crippen LogP contribution >= 0.6 is 0 Å². The number of aliphatic hydroxyl groups is 2. The highest BCUT2D eigenvalue weighted by atomic mass is 16.5. The number of amides is 1. The first-order valence-corrected chi connectivity index (χ1v) is 25.7. The quantitative estimate of drug-likeness (QED) is 0.0246. The van der Waals surface area contributed by atoms with Crippen molar-refractivity contribution in [1.82, 2.24) is 5.32 Å². The molecule has 346 valence electrons. The predicted molar refractivity (Wildman–Crippen MR) is 255 cm³/mol. The molecule has 0 heterocycles. The number of ether oxygens (including phenoxy) is 1. The van der Waals surface area contributed by atoms with Gasteiger partial charge in [0.2, 0.25) is 5.91 Å². The van der Waals surface area contributed by atoms with Gasteiger partial charge in [-0.2, -0.15) is 0 Å². The molecule has 1 amide bonds. The van der Waals surface area contributed by atoms with Gasteiger partial charge >= 0.3 is 5.97 Å². The maximum atomic E-state index is 13.2. The molecule has 3 atom stereocenters. The highest BCUT2D eigenvalue weighted by Gasteiger charge is 2.24. The molecule has 0 aromatic heterocycles. The van der Waals surface area contributed by atoms with Crippen LogP contribution in [0.2, 0.25) is 0 Å². The maximum absolute atomic E-state index is 13.2. The van der Waals surface area contributed by atoms with Crippen molar-refractivity contribution >= 4 is 11.9 Å². The van der Waals surface area contributed by atoms with E-state index in [1.54, 1.807) is 0 Å². The molecule has 6 nitrogen and oxygen atoms in total. The molecular formula is C53H99NO5. The first-order valence-electron chi connectivity index (χ1n) is 25.7. The summed E-state index contributed by atoms with van der Waals surface area (Å²) in [6.07, 6.45) is 55.0. The molecule has 0 saturated carbocycles. The van der Waals surface area contributed by atoms with Crippen molar-refractivity contribution in [3.63, 3.8) is 0 Å². The molecule has 0 aliphatic rings. The van der Waals surface area contributed by atoms with Crippen LogP contribution in [0.25, 0.3) is 0 Å². The first-order chi connectivity index (χ1) is 29.0. The topological polar surface area (TPSA) is 95.9 Å². The van der Waals surface area contributed by atoms with Gasteiger partial charge in [-0.25, -0.2) is 0 Å². The fourth-order valence-electron chi connectivity index (χ4n) is 7.78. The second-order valence-corrected chi connectivity index (χ2v) is 17.6. The number of nitrogens with one attached hydrogen (secondary N) is 1. The zero-order valence-corrected chi connectivity index (χ0v) is 39.4. The van der Waals surface area contributed by atoms with E-state index >= 15 is 0 Å². The van der Waals surface area contributed by atoms with E-state index in [9.17, 15) is 19.8 Å². The van der Waals surface area contributed by atoms with Crippen molar-refractivity contribution in [2.45, 2.75) is 283 Å². The number of rotatable bonds is 46. The minimum absolute atomic E-state index is 0.0433. The van der Waals surface area contributed by atoms with Crippen molar-refractivity contribution in [2.24, 2.45) is 0 Å². The maximum Gasteiger partial charge on any atom is 0.306 e. The van der Waals surface area contributed by atoms with Gasteiger partial charge in [-0.05, 0) is 64.2 Å². The molecule has 0 aromatic rings. The van der Waals surface area contributed by atoms with E-state index in [1.165, 1.54) is 148 Å². The first kappa shape index (κ1) is 57.1. The molecule has 0 spiro atoms. The SMILES string of the molecule is CCC/C=C\CCCCCCCC(=O)OC(CCC/C=C/C=C/CCCCCCCCC)CC(=O)NC(CO)C(O)CCCCCCCCCCCCCCCCCC. The van der Waals surface area contributed by atoms with Crippen LogP contribution in [0.4, 0.5) is 0 Å². The number of unbranched alkanes of at least 4 members (excludes halogenated alkanes) is 29. The zero-order valence-electron chi connectivity index (χ0n) is 39.4. The van der Waals surface area contributed by atoms with Crippen LogP contribution < -0.4 is 5.32 Å². The summed E-state index contributed by atoms with van der Waals surface area (Å²) in [7, 11) is 0. The molecule has 0 radical (unpaired) electrons. The van der Waals surface area contributed by atoms with E-state index in [-0.39, 0.29) is 24.9 Å². The fourth-order valence-corrected chi connectivity index (χ4v) is 7.78. The summed E-state index contributed by atoms with van der Waals surface area (Å²) in [5.41, 5.74) is 0. The van der Waals surface area contributed by atoms with E-state index in [4.69, 9.17) is 4.74 Å². The van der Waals surface area contributed by atoms with Crippen LogP contribution in [0.1, 0.15) is 265 Å². The lowest BCUT2D eigenvalue weighted by Crippen LogP contribution is -2.46. The minimum Gasteiger partial charge on any atom is -0.462 e. The normalized spacial score (nSPS) is 13.5. The molecule has 0 aromatic carbocycles. The van der Waals surface area contributed by atoms with E-state index in [2.05, 4.69) is 62.5 Å². The molecule has 6 heteroatoms. The Morgan fingerprint density at radius 1 is 0.492 bits per heavy atom. The average molecular weight is 830 g/mol. The van der Waals surface area contributed by atoms with Crippen LogP contribution in [-0.4, -0.2) is 46.9 Å². The summed E-state index contributed by atoms with van der Waals surface area (Å²) in [6, 6.07) is -0.715. The number of allylic oxidation sites excluding steroid dienone is 6. The predicted octanol–water partition coefficient (Wildman–Crippen LogP) is 15.3. The second kappa shape index (κ2) is 47.1. The average Bonchev–Trinajstić information content (AvgIpc) is 3.23. The fraction of sp³-hybridized carbons (Fsp3) is 0.849. The van der Waals surface area contributed by atoms with Crippen molar-refractivity contribution in [3.8, 4) is 0 Å². The number of carbonyl (C=O) groups excluding carboxylic acids is 2. The molecule has 0 aliphatic heterocycles. The largest absolute Gasteiger partial charge is 0.462 e. The summed E-state index contributed by atoms with van der Waals surface area (Å²) in [5.74, 6) is -0.527. The summed E-state index contributed by atoms with van der Waals surface area (Å²) >= 11 is 0. The number of aliphatic hydroxyl groups excluding tert-OH is 2. The van der Waals surface area contributed by atoms with Gasteiger partial charge in [-0.15, -0.1) is 0 Å². The third-order valence-corrected chi connectivity index (χ3v) is 11.7. The third-order valence-electron chi connectivity index (χ3n) is 11.7. The van der Waals surface area contributed by atoms with Crippen LogP contribution in [0.5, 0.6) is 0 Å². The van der Waals surface area contributed by atoms with Crippen molar-refractivity contribution in [2.75, 3.05) is 6.61 Å². The summed E-state index contributed by atoms with van der Waals surface area (Å²) in [5, 5.41) is 23.7. The Kier molecular flexibility index (Phi) is 45.6. The van der Waals surface area contributed by atoms with Crippen LogP contribution in [-0.2, 0) is 14.3 Å². The summed E-state index contributed by atoms with van der Waals surface area (Å²) in [6.45, 7) is 6.41. The van der Waals surface area contributed by atoms with Crippen LogP contribution in [0, 0.1) is 0 Å². The monoisotopic (exact) mass is 830 g/mol. The van der Waals surface area contributed by atoms with Gasteiger partial charge in [0.05, 0.1) is 25.2 Å². The molecule has 3 unspecified atom stereocenters. The summed E-state index contributed by atoms with van der Waals surface area (Å²) < 4.78 is 5.88. The molecule has 0 rings (SSSR count). The van der Waals surface area contributed by atoms with Gasteiger partial charge in [0, 0.05) is 6.42 Å². The van der Waals surface area contributed by atoms with E-state index < -0.39 is 18.2 Å². The van der Waals surface area contributed by atoms with Gasteiger partial charge < -0.3 is 20.3 Å². The van der Waals surface area contributed by atoms with Crippen molar-refractivity contribution in [1.29, 1.82) is 0 Å². The Morgan fingerprint density at radius 3 is 1.41 bits per heavy atom. The lowest BCUT2D eigenvalue weighted by atomic mass is 10.0. The molecule has 59 heavy (non-hydrogen) atoms. The van der Waals surface area contributed by atoms with E-state index in [0.717, 1.165) is 70.6 Å². The van der Waals surface area contributed by atoms with Gasteiger partial charge in [0.15, 0.2) is 0 Å². The van der Waals surface area contributed by atoms with Crippen LogP contribution in [0.15, 0.2) is 36.5 Å². The molecule has 0 bridgehead atoms. The Labute approximate surface area is 366 Å². The Bertz CT molecular complexity index is 977. The molecular weight excluding hydrogens is 731 g/mol. The Hall–Kier alpha value is -1.92.